The van der Waals surface area contributed by atoms with Gasteiger partial charge in [-0.3, -0.25) is 0 Å². The highest BCUT2D eigenvalue weighted by Gasteiger charge is 2.11. The van der Waals surface area contributed by atoms with Crippen LogP contribution in [0.5, 0.6) is 0 Å². The molecule has 1 aromatic heterocycles. The van der Waals surface area contributed by atoms with E-state index in [1.54, 1.807) is 12.3 Å². The van der Waals surface area contributed by atoms with E-state index in [4.69, 9.17) is 22.1 Å². The van der Waals surface area contributed by atoms with Crippen LogP contribution in [0.2, 0.25) is 5.02 Å². The van der Waals surface area contributed by atoms with Gasteiger partial charge in [0, 0.05) is 46.9 Å². The molecule has 2 aromatic carbocycles. The predicted molar refractivity (Wildman–Crippen MR) is 110 cm³/mol. The number of morpholine rings is 1. The number of aromatic nitrogens is 2. The maximum atomic E-state index is 6.10. The van der Waals surface area contributed by atoms with Crippen LogP contribution >= 0.6 is 11.6 Å². The summed E-state index contributed by atoms with van der Waals surface area (Å²) in [6.45, 7) is 3.38. The molecule has 7 heteroatoms. The summed E-state index contributed by atoms with van der Waals surface area (Å²) in [4.78, 5) is 11.2. The number of nitrogens with zero attached hydrogens (tertiary/aromatic N) is 3. The largest absolute Gasteiger partial charge is 0.399 e. The molecular weight excluding hydrogens is 362 g/mol. The van der Waals surface area contributed by atoms with Gasteiger partial charge in [-0.05, 0) is 48.5 Å². The molecule has 0 radical (unpaired) electrons. The van der Waals surface area contributed by atoms with E-state index in [1.165, 1.54) is 5.69 Å². The molecule has 1 fully saturated rings. The molecule has 1 aliphatic heterocycles. The monoisotopic (exact) mass is 381 g/mol. The van der Waals surface area contributed by atoms with Crippen LogP contribution in [0.3, 0.4) is 0 Å². The maximum absolute atomic E-state index is 6.10. The summed E-state index contributed by atoms with van der Waals surface area (Å²) in [7, 11) is 0. The summed E-state index contributed by atoms with van der Waals surface area (Å²) in [6.07, 6.45) is 1.71. The van der Waals surface area contributed by atoms with Crippen LogP contribution in [0.25, 0.3) is 11.3 Å². The molecule has 0 amide bonds. The van der Waals surface area contributed by atoms with E-state index in [1.807, 2.05) is 30.3 Å². The van der Waals surface area contributed by atoms with Crippen molar-refractivity contribution in [2.45, 2.75) is 0 Å². The minimum absolute atomic E-state index is 0.519. The summed E-state index contributed by atoms with van der Waals surface area (Å²) >= 11 is 6.10. The van der Waals surface area contributed by atoms with E-state index in [9.17, 15) is 0 Å². The van der Waals surface area contributed by atoms with Crippen molar-refractivity contribution in [3.8, 4) is 11.3 Å². The van der Waals surface area contributed by atoms with Crippen LogP contribution in [0, 0.1) is 0 Å². The standard InChI is InChI=1S/C20H20ClN5O/c21-15-11-14(12-16(22)13-15)19-5-6-23-20(25-19)24-17-1-3-18(4-2-17)26-7-9-27-10-8-26/h1-6,11-13H,7-10,22H2,(H,23,24,25). The van der Waals surface area contributed by atoms with Crippen LogP contribution in [0.4, 0.5) is 23.0 Å². The highest BCUT2D eigenvalue weighted by Crippen LogP contribution is 2.26. The summed E-state index contributed by atoms with van der Waals surface area (Å²) in [5.74, 6) is 0.519. The Morgan fingerprint density at radius 2 is 1.81 bits per heavy atom. The molecule has 4 rings (SSSR count). The van der Waals surface area contributed by atoms with Crippen molar-refractivity contribution in [3.05, 3.63) is 59.8 Å². The Hall–Kier alpha value is -2.83. The van der Waals surface area contributed by atoms with E-state index >= 15 is 0 Å². The topological polar surface area (TPSA) is 76.3 Å². The first-order valence-electron chi connectivity index (χ1n) is 8.77. The van der Waals surface area contributed by atoms with Crippen molar-refractivity contribution in [2.24, 2.45) is 0 Å². The summed E-state index contributed by atoms with van der Waals surface area (Å²) in [6, 6.07) is 15.5. The molecule has 27 heavy (non-hydrogen) atoms. The number of rotatable bonds is 4. The molecule has 2 heterocycles. The minimum Gasteiger partial charge on any atom is -0.399 e. The summed E-state index contributed by atoms with van der Waals surface area (Å²) in [5, 5.41) is 3.82. The Bertz CT molecular complexity index is 906. The third-order valence-corrected chi connectivity index (χ3v) is 4.59. The summed E-state index contributed by atoms with van der Waals surface area (Å²) in [5.41, 5.74) is 10.2. The number of nitrogens with one attached hydrogen (secondary N) is 1. The number of halogens is 1. The molecule has 138 valence electrons. The van der Waals surface area contributed by atoms with Crippen molar-refractivity contribution >= 4 is 34.6 Å². The zero-order chi connectivity index (χ0) is 18.6. The van der Waals surface area contributed by atoms with Crippen LogP contribution < -0.4 is 16.0 Å². The number of nitrogen functional groups attached to an aromatic ring is 1. The lowest BCUT2D eigenvalue weighted by atomic mass is 10.1. The highest BCUT2D eigenvalue weighted by molar-refractivity contribution is 6.31. The predicted octanol–water partition coefficient (Wildman–Crippen LogP) is 3.96. The second-order valence-electron chi connectivity index (χ2n) is 6.31. The van der Waals surface area contributed by atoms with Crippen LogP contribution in [0.1, 0.15) is 0 Å². The van der Waals surface area contributed by atoms with Gasteiger partial charge >= 0.3 is 0 Å². The van der Waals surface area contributed by atoms with E-state index < -0.39 is 0 Å². The van der Waals surface area contributed by atoms with Gasteiger partial charge in [0.05, 0.1) is 18.9 Å². The van der Waals surface area contributed by atoms with Crippen LogP contribution in [-0.2, 0) is 4.74 Å². The Kier molecular flexibility index (Phi) is 5.09. The van der Waals surface area contributed by atoms with Gasteiger partial charge in [-0.25, -0.2) is 9.97 Å². The SMILES string of the molecule is Nc1cc(Cl)cc(-c2ccnc(Nc3ccc(N4CCOCC4)cc3)n2)c1. The lowest BCUT2D eigenvalue weighted by Gasteiger charge is -2.28. The zero-order valence-electron chi connectivity index (χ0n) is 14.7. The number of anilines is 4. The van der Waals surface area contributed by atoms with Crippen LogP contribution in [-0.4, -0.2) is 36.3 Å². The lowest BCUT2D eigenvalue weighted by Crippen LogP contribution is -2.36. The molecular formula is C20H20ClN5O. The molecule has 3 N–H and O–H groups in total. The molecule has 0 bridgehead atoms. The van der Waals surface area contributed by atoms with Gasteiger partial charge in [-0.2, -0.15) is 0 Å². The molecule has 0 unspecified atom stereocenters. The number of hydrogen-bond donors (Lipinski definition) is 2. The molecule has 0 atom stereocenters. The minimum atomic E-state index is 0.519. The third kappa shape index (κ3) is 4.30. The van der Waals surface area contributed by atoms with Crippen molar-refractivity contribution in [1.82, 2.24) is 9.97 Å². The van der Waals surface area contributed by atoms with E-state index in [0.717, 1.165) is 43.2 Å². The number of ether oxygens (including phenoxy) is 1. The molecule has 0 spiro atoms. The van der Waals surface area contributed by atoms with E-state index in [0.29, 0.717) is 16.7 Å². The van der Waals surface area contributed by atoms with Gasteiger partial charge in [0.2, 0.25) is 5.95 Å². The second-order valence-corrected chi connectivity index (χ2v) is 6.75. The number of hydrogen-bond acceptors (Lipinski definition) is 6. The van der Waals surface area contributed by atoms with Gasteiger partial charge in [0.15, 0.2) is 0 Å². The Labute approximate surface area is 163 Å². The van der Waals surface area contributed by atoms with Crippen molar-refractivity contribution in [2.75, 3.05) is 42.3 Å². The maximum Gasteiger partial charge on any atom is 0.227 e. The third-order valence-electron chi connectivity index (χ3n) is 4.37. The fourth-order valence-electron chi connectivity index (χ4n) is 3.05. The fourth-order valence-corrected chi connectivity index (χ4v) is 3.29. The van der Waals surface area contributed by atoms with Crippen LogP contribution in [0.15, 0.2) is 54.7 Å². The van der Waals surface area contributed by atoms with E-state index in [-0.39, 0.29) is 0 Å². The Morgan fingerprint density at radius 3 is 2.56 bits per heavy atom. The Balaban J connectivity index is 1.51. The van der Waals surface area contributed by atoms with Gasteiger partial charge in [-0.1, -0.05) is 11.6 Å². The Morgan fingerprint density at radius 1 is 1.04 bits per heavy atom. The van der Waals surface area contributed by atoms with Gasteiger partial charge < -0.3 is 20.7 Å². The zero-order valence-corrected chi connectivity index (χ0v) is 15.5. The van der Waals surface area contributed by atoms with E-state index in [2.05, 4.69) is 32.3 Å². The number of nitrogens with two attached hydrogens (primary N) is 1. The van der Waals surface area contributed by atoms with Crippen molar-refractivity contribution in [1.29, 1.82) is 0 Å². The summed E-state index contributed by atoms with van der Waals surface area (Å²) < 4.78 is 5.40. The molecule has 1 aliphatic rings. The second kappa shape index (κ2) is 7.82. The average molecular weight is 382 g/mol. The lowest BCUT2D eigenvalue weighted by molar-refractivity contribution is 0.122. The first-order chi connectivity index (χ1) is 13.2. The first-order valence-corrected chi connectivity index (χ1v) is 9.14. The molecule has 0 aliphatic carbocycles. The molecule has 0 saturated carbocycles. The molecule has 3 aromatic rings. The highest BCUT2D eigenvalue weighted by atomic mass is 35.5. The smallest absolute Gasteiger partial charge is 0.227 e. The number of benzene rings is 2. The quantitative estimate of drug-likeness (QED) is 0.666. The first kappa shape index (κ1) is 17.6. The van der Waals surface area contributed by atoms with Gasteiger partial charge in [-0.15, -0.1) is 0 Å². The average Bonchev–Trinajstić information content (AvgIpc) is 2.69. The molecule has 1 saturated heterocycles. The van der Waals surface area contributed by atoms with Gasteiger partial charge in [0.1, 0.15) is 0 Å². The van der Waals surface area contributed by atoms with Gasteiger partial charge in [0.25, 0.3) is 0 Å². The molecule has 6 nitrogen and oxygen atoms in total. The van der Waals surface area contributed by atoms with Crippen molar-refractivity contribution < 1.29 is 4.74 Å². The normalized spacial score (nSPS) is 14.2. The fraction of sp³-hybridized carbons (Fsp3) is 0.200. The van der Waals surface area contributed by atoms with Crippen molar-refractivity contribution in [3.63, 3.8) is 0 Å².